The second-order valence-corrected chi connectivity index (χ2v) is 4.56. The average molecular weight is 213 g/mol. The Morgan fingerprint density at radius 3 is 2.67 bits per heavy atom. The molecule has 2 fully saturated rings. The molecular weight excluding hydrogens is 194 g/mol. The Bertz CT molecular complexity index is 238. The molecule has 4 heteroatoms. The van der Waals surface area contributed by atoms with Crippen LogP contribution in [0.15, 0.2) is 0 Å². The molecule has 0 amide bonds. The Labute approximate surface area is 90.2 Å². The highest BCUT2D eigenvalue weighted by atomic mass is 16.5. The largest absolute Gasteiger partial charge is 0.468 e. The van der Waals surface area contributed by atoms with E-state index in [1.54, 1.807) is 0 Å². The molecule has 1 N–H and O–H groups in total. The van der Waals surface area contributed by atoms with Crippen LogP contribution in [0.5, 0.6) is 0 Å². The van der Waals surface area contributed by atoms with Crippen LogP contribution in [0.2, 0.25) is 0 Å². The van der Waals surface area contributed by atoms with Gasteiger partial charge < -0.3 is 9.84 Å². The number of aliphatic hydroxyl groups excluding tert-OH is 1. The molecule has 2 aliphatic rings. The lowest BCUT2D eigenvalue weighted by atomic mass is 10.1. The first kappa shape index (κ1) is 10.9. The Morgan fingerprint density at radius 2 is 2.07 bits per heavy atom. The van der Waals surface area contributed by atoms with E-state index in [0.717, 1.165) is 12.8 Å². The summed E-state index contributed by atoms with van der Waals surface area (Å²) in [7, 11) is 1.42. The predicted molar refractivity (Wildman–Crippen MR) is 55.4 cm³/mol. The summed E-state index contributed by atoms with van der Waals surface area (Å²) in [6.45, 7) is 0.629. The van der Waals surface area contributed by atoms with Crippen LogP contribution in [0.1, 0.15) is 32.1 Å². The maximum atomic E-state index is 11.6. The first-order chi connectivity index (χ1) is 7.22. The van der Waals surface area contributed by atoms with Gasteiger partial charge in [0.15, 0.2) is 0 Å². The van der Waals surface area contributed by atoms with E-state index in [2.05, 4.69) is 4.90 Å². The molecule has 0 aromatic carbocycles. The quantitative estimate of drug-likeness (QED) is 0.680. The van der Waals surface area contributed by atoms with Crippen molar-refractivity contribution in [1.29, 1.82) is 0 Å². The summed E-state index contributed by atoms with van der Waals surface area (Å²) in [5, 5.41) is 9.63. The molecule has 15 heavy (non-hydrogen) atoms. The van der Waals surface area contributed by atoms with Gasteiger partial charge in [-0.05, 0) is 12.8 Å². The Morgan fingerprint density at radius 1 is 1.40 bits per heavy atom. The van der Waals surface area contributed by atoms with E-state index in [1.165, 1.54) is 20.0 Å². The van der Waals surface area contributed by atoms with Crippen LogP contribution in [-0.2, 0) is 9.53 Å². The smallest absolute Gasteiger partial charge is 0.323 e. The molecule has 4 nitrogen and oxygen atoms in total. The zero-order valence-corrected chi connectivity index (χ0v) is 9.19. The fraction of sp³-hybridized carbons (Fsp3) is 0.909. The van der Waals surface area contributed by atoms with Gasteiger partial charge in [0.05, 0.1) is 13.2 Å². The lowest BCUT2D eigenvalue weighted by Crippen LogP contribution is -2.42. The lowest BCUT2D eigenvalue weighted by molar-refractivity contribution is -0.146. The summed E-state index contributed by atoms with van der Waals surface area (Å²) < 4.78 is 4.78. The number of esters is 1. The molecule has 2 atom stereocenters. The molecule has 0 aromatic rings. The van der Waals surface area contributed by atoms with Crippen molar-refractivity contribution in [3.05, 3.63) is 0 Å². The summed E-state index contributed by atoms with van der Waals surface area (Å²) in [4.78, 5) is 13.7. The summed E-state index contributed by atoms with van der Waals surface area (Å²) in [5.74, 6) is -0.196. The van der Waals surface area contributed by atoms with Crippen LogP contribution < -0.4 is 0 Å². The number of nitrogens with zero attached hydrogens (tertiary/aromatic N) is 1. The fourth-order valence-electron chi connectivity index (χ4n) is 2.85. The van der Waals surface area contributed by atoms with E-state index >= 15 is 0 Å². The number of likely N-dealkylation sites (tertiary alicyclic amines) is 1. The molecule has 1 saturated carbocycles. The number of carbonyl (C=O) groups is 1. The van der Waals surface area contributed by atoms with Gasteiger partial charge >= 0.3 is 5.97 Å². The van der Waals surface area contributed by atoms with Gasteiger partial charge in [0, 0.05) is 19.0 Å². The Kier molecular flexibility index (Phi) is 3.26. The Balaban J connectivity index is 2.03. The summed E-state index contributed by atoms with van der Waals surface area (Å²) in [6, 6.07) is 0.263. The standard InChI is InChI=1S/C11H19NO3/c1-15-11(14)10-6-9(13)7-12(10)8-4-2-3-5-8/h8-10,13H,2-7H2,1H3. The molecular formula is C11H19NO3. The van der Waals surface area contributed by atoms with Crippen LogP contribution in [0.25, 0.3) is 0 Å². The van der Waals surface area contributed by atoms with Crippen molar-refractivity contribution in [3.8, 4) is 0 Å². The van der Waals surface area contributed by atoms with E-state index < -0.39 is 0 Å². The third-order valence-corrected chi connectivity index (χ3v) is 3.58. The Hall–Kier alpha value is -0.610. The van der Waals surface area contributed by atoms with Crippen LogP contribution in [0.3, 0.4) is 0 Å². The van der Waals surface area contributed by atoms with Crippen LogP contribution in [-0.4, -0.2) is 47.8 Å². The third kappa shape index (κ3) is 2.16. The number of rotatable bonds is 2. The molecule has 86 valence electrons. The van der Waals surface area contributed by atoms with E-state index in [4.69, 9.17) is 4.74 Å². The van der Waals surface area contributed by atoms with Crippen molar-refractivity contribution >= 4 is 5.97 Å². The highest BCUT2D eigenvalue weighted by molar-refractivity contribution is 5.76. The zero-order valence-electron chi connectivity index (χ0n) is 9.19. The highest BCUT2D eigenvalue weighted by Crippen LogP contribution is 2.30. The van der Waals surface area contributed by atoms with Gasteiger partial charge in [0.25, 0.3) is 0 Å². The van der Waals surface area contributed by atoms with E-state index in [-0.39, 0.29) is 18.1 Å². The minimum absolute atomic E-state index is 0.196. The number of methoxy groups -OCH3 is 1. The number of ether oxygens (including phenoxy) is 1. The second kappa shape index (κ2) is 4.49. The highest BCUT2D eigenvalue weighted by Gasteiger charge is 2.40. The summed E-state index contributed by atoms with van der Waals surface area (Å²) in [5.41, 5.74) is 0. The van der Waals surface area contributed by atoms with Gasteiger partial charge in [0.2, 0.25) is 0 Å². The van der Waals surface area contributed by atoms with Crippen LogP contribution in [0, 0.1) is 0 Å². The second-order valence-electron chi connectivity index (χ2n) is 4.56. The van der Waals surface area contributed by atoms with Gasteiger partial charge in [-0.25, -0.2) is 0 Å². The van der Waals surface area contributed by atoms with E-state index in [0.29, 0.717) is 19.0 Å². The SMILES string of the molecule is COC(=O)C1CC(O)CN1C1CCCC1. The van der Waals surface area contributed by atoms with Crippen molar-refractivity contribution in [2.45, 2.75) is 50.3 Å². The number of β-amino-alcohol motifs (C(OH)–C–C–N with tert-alkyl or cyclic N) is 1. The monoisotopic (exact) mass is 213 g/mol. The molecule has 0 aromatic heterocycles. The first-order valence-electron chi connectivity index (χ1n) is 5.74. The van der Waals surface area contributed by atoms with Gasteiger partial charge in [0.1, 0.15) is 6.04 Å². The van der Waals surface area contributed by atoms with Crippen LogP contribution >= 0.6 is 0 Å². The predicted octanol–water partition coefficient (Wildman–Crippen LogP) is 0.537. The molecule has 1 saturated heterocycles. The molecule has 1 aliphatic heterocycles. The van der Waals surface area contributed by atoms with Gasteiger partial charge in [-0.2, -0.15) is 0 Å². The van der Waals surface area contributed by atoms with Gasteiger partial charge in [-0.15, -0.1) is 0 Å². The molecule has 0 bridgehead atoms. The number of hydrogen-bond donors (Lipinski definition) is 1. The average Bonchev–Trinajstić information content (AvgIpc) is 2.84. The van der Waals surface area contributed by atoms with Gasteiger partial charge in [-0.3, -0.25) is 9.69 Å². The van der Waals surface area contributed by atoms with Crippen molar-refractivity contribution < 1.29 is 14.6 Å². The lowest BCUT2D eigenvalue weighted by Gasteiger charge is -2.28. The third-order valence-electron chi connectivity index (χ3n) is 3.58. The topological polar surface area (TPSA) is 49.8 Å². The van der Waals surface area contributed by atoms with Crippen LogP contribution in [0.4, 0.5) is 0 Å². The maximum Gasteiger partial charge on any atom is 0.323 e. The molecule has 1 aliphatic carbocycles. The summed E-state index contributed by atoms with van der Waals surface area (Å²) >= 11 is 0. The van der Waals surface area contributed by atoms with Crippen molar-refractivity contribution in [1.82, 2.24) is 4.90 Å². The normalized spacial score (nSPS) is 33.5. The summed E-state index contributed by atoms with van der Waals surface area (Å²) in [6.07, 6.45) is 4.95. The molecule has 2 rings (SSSR count). The minimum Gasteiger partial charge on any atom is -0.468 e. The van der Waals surface area contributed by atoms with Gasteiger partial charge in [-0.1, -0.05) is 12.8 Å². The van der Waals surface area contributed by atoms with Crippen molar-refractivity contribution in [2.24, 2.45) is 0 Å². The first-order valence-corrected chi connectivity index (χ1v) is 5.74. The number of carbonyl (C=O) groups excluding carboxylic acids is 1. The molecule has 0 spiro atoms. The molecule has 1 heterocycles. The molecule has 2 unspecified atom stereocenters. The van der Waals surface area contributed by atoms with Crippen molar-refractivity contribution in [2.75, 3.05) is 13.7 Å². The van der Waals surface area contributed by atoms with E-state index in [9.17, 15) is 9.90 Å². The number of aliphatic hydroxyl groups is 1. The van der Waals surface area contributed by atoms with Crippen molar-refractivity contribution in [3.63, 3.8) is 0 Å². The number of hydrogen-bond acceptors (Lipinski definition) is 4. The van der Waals surface area contributed by atoms with E-state index in [1.807, 2.05) is 0 Å². The molecule has 0 radical (unpaired) electrons. The maximum absolute atomic E-state index is 11.6. The minimum atomic E-state index is -0.366. The fourth-order valence-corrected chi connectivity index (χ4v) is 2.85. The zero-order chi connectivity index (χ0) is 10.8.